The zero-order valence-corrected chi connectivity index (χ0v) is 11.5. The summed E-state index contributed by atoms with van der Waals surface area (Å²) in [4.78, 5) is 13.4. The number of benzene rings is 1. The highest BCUT2D eigenvalue weighted by Crippen LogP contribution is 2.10. The third-order valence-electron chi connectivity index (χ3n) is 2.41. The van der Waals surface area contributed by atoms with E-state index in [1.807, 2.05) is 57.1 Å². The minimum absolute atomic E-state index is 0.0499. The zero-order valence-electron chi connectivity index (χ0n) is 11.5. The topological polar surface area (TPSA) is 44.7 Å². The number of carbonyl (C=O) groups is 1. The maximum atomic E-state index is 11.4. The van der Waals surface area contributed by atoms with Gasteiger partial charge in [-0.25, -0.2) is 5.43 Å². The predicted octanol–water partition coefficient (Wildman–Crippen LogP) is 2.25. The molecule has 1 amide bonds. The largest absolute Gasteiger partial charge is 0.378 e. The Bertz CT molecular complexity index is 408. The van der Waals surface area contributed by atoms with E-state index in [1.165, 1.54) is 0 Å². The molecule has 0 aromatic heterocycles. The van der Waals surface area contributed by atoms with Crippen LogP contribution in [0, 0.1) is 5.92 Å². The molecule has 4 heteroatoms. The van der Waals surface area contributed by atoms with Crippen LogP contribution in [0.1, 0.15) is 25.8 Å². The summed E-state index contributed by atoms with van der Waals surface area (Å²) in [6, 6.07) is 7.95. The second-order valence-electron chi connectivity index (χ2n) is 4.88. The van der Waals surface area contributed by atoms with E-state index in [0.717, 1.165) is 11.3 Å². The number of anilines is 1. The summed E-state index contributed by atoms with van der Waals surface area (Å²) in [5.74, 6) is 0.297. The Morgan fingerprint density at radius 3 is 2.44 bits per heavy atom. The monoisotopic (exact) mass is 247 g/mol. The molecule has 0 saturated carbocycles. The molecule has 0 fully saturated rings. The molecule has 0 aliphatic heterocycles. The standard InChI is InChI=1S/C14H21N3O/c1-11(2)9-14(18)16-15-10-12-5-7-13(8-6-12)17(3)4/h5-8,10-11H,9H2,1-4H3,(H,16,18)/b15-10-. The third kappa shape index (κ3) is 4.99. The molecule has 1 rings (SSSR count). The highest BCUT2D eigenvalue weighted by atomic mass is 16.2. The fourth-order valence-corrected chi connectivity index (χ4v) is 1.45. The zero-order chi connectivity index (χ0) is 13.5. The average molecular weight is 247 g/mol. The van der Waals surface area contributed by atoms with Gasteiger partial charge in [0.05, 0.1) is 6.21 Å². The molecule has 0 aliphatic rings. The van der Waals surface area contributed by atoms with Crippen molar-refractivity contribution in [1.29, 1.82) is 0 Å². The van der Waals surface area contributed by atoms with Crippen LogP contribution in [0.2, 0.25) is 0 Å². The van der Waals surface area contributed by atoms with Gasteiger partial charge in [0.25, 0.3) is 0 Å². The fourth-order valence-electron chi connectivity index (χ4n) is 1.45. The number of rotatable bonds is 5. The molecule has 0 heterocycles. The van der Waals surface area contributed by atoms with Crippen LogP contribution < -0.4 is 10.3 Å². The van der Waals surface area contributed by atoms with Crippen molar-refractivity contribution in [3.8, 4) is 0 Å². The Kier molecular flexibility index (Phi) is 5.36. The lowest BCUT2D eigenvalue weighted by Gasteiger charge is -2.11. The molecular formula is C14H21N3O. The molecule has 1 N–H and O–H groups in total. The predicted molar refractivity (Wildman–Crippen MR) is 76.0 cm³/mol. The Hall–Kier alpha value is -1.84. The molecule has 18 heavy (non-hydrogen) atoms. The SMILES string of the molecule is CC(C)CC(=O)N/N=C\c1ccc(N(C)C)cc1. The molecule has 1 aromatic rings. The minimum Gasteiger partial charge on any atom is -0.378 e. The summed E-state index contributed by atoms with van der Waals surface area (Å²) in [5.41, 5.74) is 4.62. The van der Waals surface area contributed by atoms with Crippen molar-refractivity contribution in [1.82, 2.24) is 5.43 Å². The van der Waals surface area contributed by atoms with E-state index < -0.39 is 0 Å². The molecule has 0 radical (unpaired) electrons. The van der Waals surface area contributed by atoms with Gasteiger partial charge >= 0.3 is 0 Å². The van der Waals surface area contributed by atoms with Crippen LogP contribution in [0.15, 0.2) is 29.4 Å². The van der Waals surface area contributed by atoms with Crippen molar-refractivity contribution in [2.45, 2.75) is 20.3 Å². The molecule has 0 unspecified atom stereocenters. The molecule has 4 nitrogen and oxygen atoms in total. The van der Waals surface area contributed by atoms with Gasteiger partial charge in [0.1, 0.15) is 0 Å². The molecule has 0 bridgehead atoms. The van der Waals surface area contributed by atoms with Crippen molar-refractivity contribution in [2.75, 3.05) is 19.0 Å². The number of hydrazone groups is 1. The normalized spacial score (nSPS) is 10.9. The van der Waals surface area contributed by atoms with E-state index in [-0.39, 0.29) is 5.91 Å². The summed E-state index contributed by atoms with van der Waals surface area (Å²) in [7, 11) is 3.99. The van der Waals surface area contributed by atoms with Gasteiger partial charge < -0.3 is 4.90 Å². The summed E-state index contributed by atoms with van der Waals surface area (Å²) in [6.45, 7) is 4.01. The number of nitrogens with one attached hydrogen (secondary N) is 1. The quantitative estimate of drug-likeness (QED) is 0.640. The first-order valence-corrected chi connectivity index (χ1v) is 6.08. The van der Waals surface area contributed by atoms with E-state index in [9.17, 15) is 4.79 Å². The first kappa shape index (κ1) is 14.2. The van der Waals surface area contributed by atoms with Crippen LogP contribution >= 0.6 is 0 Å². The van der Waals surface area contributed by atoms with Gasteiger partial charge in [-0.2, -0.15) is 5.10 Å². The average Bonchev–Trinajstić information content (AvgIpc) is 2.28. The Morgan fingerprint density at radius 2 is 1.94 bits per heavy atom. The molecule has 1 aromatic carbocycles. The van der Waals surface area contributed by atoms with Crippen LogP contribution in [0.5, 0.6) is 0 Å². The highest BCUT2D eigenvalue weighted by Gasteiger charge is 2.02. The van der Waals surface area contributed by atoms with Crippen LogP contribution in [0.25, 0.3) is 0 Å². The van der Waals surface area contributed by atoms with E-state index in [2.05, 4.69) is 10.5 Å². The summed E-state index contributed by atoms with van der Waals surface area (Å²) in [6.07, 6.45) is 2.15. The number of hydrogen-bond acceptors (Lipinski definition) is 3. The maximum absolute atomic E-state index is 11.4. The molecule has 0 aliphatic carbocycles. The van der Waals surface area contributed by atoms with E-state index >= 15 is 0 Å². The molecule has 0 saturated heterocycles. The van der Waals surface area contributed by atoms with Crippen molar-refractivity contribution in [2.24, 2.45) is 11.0 Å². The van der Waals surface area contributed by atoms with E-state index in [4.69, 9.17) is 0 Å². The number of hydrogen-bond donors (Lipinski definition) is 1. The number of nitrogens with zero attached hydrogens (tertiary/aromatic N) is 2. The van der Waals surface area contributed by atoms with E-state index in [1.54, 1.807) is 6.21 Å². The minimum atomic E-state index is -0.0499. The van der Waals surface area contributed by atoms with Crippen LogP contribution in [0.3, 0.4) is 0 Å². The highest BCUT2D eigenvalue weighted by molar-refractivity contribution is 5.82. The van der Waals surface area contributed by atoms with Gasteiger partial charge in [0, 0.05) is 26.2 Å². The van der Waals surface area contributed by atoms with Gasteiger partial charge in [-0.05, 0) is 23.6 Å². The van der Waals surface area contributed by atoms with Gasteiger partial charge in [0.2, 0.25) is 5.91 Å². The summed E-state index contributed by atoms with van der Waals surface area (Å²) in [5, 5.41) is 3.93. The van der Waals surface area contributed by atoms with Crippen molar-refractivity contribution in [3.63, 3.8) is 0 Å². The summed E-state index contributed by atoms with van der Waals surface area (Å²) >= 11 is 0. The van der Waals surface area contributed by atoms with Gasteiger partial charge in [-0.15, -0.1) is 0 Å². The first-order valence-electron chi connectivity index (χ1n) is 6.08. The van der Waals surface area contributed by atoms with Gasteiger partial charge in [0.15, 0.2) is 0 Å². The maximum Gasteiger partial charge on any atom is 0.240 e. The van der Waals surface area contributed by atoms with Crippen molar-refractivity contribution in [3.05, 3.63) is 29.8 Å². The van der Waals surface area contributed by atoms with Crippen molar-refractivity contribution >= 4 is 17.8 Å². The second kappa shape index (κ2) is 6.79. The Labute approximate surface area is 109 Å². The summed E-state index contributed by atoms with van der Waals surface area (Å²) < 4.78 is 0. The third-order valence-corrected chi connectivity index (χ3v) is 2.41. The molecular weight excluding hydrogens is 226 g/mol. The fraction of sp³-hybridized carbons (Fsp3) is 0.429. The second-order valence-corrected chi connectivity index (χ2v) is 4.88. The molecule has 98 valence electrons. The van der Waals surface area contributed by atoms with Crippen molar-refractivity contribution < 1.29 is 4.79 Å². The lowest BCUT2D eigenvalue weighted by atomic mass is 10.1. The first-order chi connectivity index (χ1) is 8.49. The Balaban J connectivity index is 2.49. The number of amides is 1. The van der Waals surface area contributed by atoms with Gasteiger partial charge in [-0.3, -0.25) is 4.79 Å². The Morgan fingerprint density at radius 1 is 1.33 bits per heavy atom. The van der Waals surface area contributed by atoms with Gasteiger partial charge in [-0.1, -0.05) is 26.0 Å². The lowest BCUT2D eigenvalue weighted by Crippen LogP contribution is -2.19. The van der Waals surface area contributed by atoms with Crippen LogP contribution in [-0.4, -0.2) is 26.2 Å². The van der Waals surface area contributed by atoms with Crippen LogP contribution in [-0.2, 0) is 4.79 Å². The van der Waals surface area contributed by atoms with Crippen LogP contribution in [0.4, 0.5) is 5.69 Å². The smallest absolute Gasteiger partial charge is 0.240 e. The van der Waals surface area contributed by atoms with E-state index in [0.29, 0.717) is 12.3 Å². The number of carbonyl (C=O) groups excluding carboxylic acids is 1. The lowest BCUT2D eigenvalue weighted by molar-refractivity contribution is -0.121. The molecule has 0 spiro atoms. The molecule has 0 atom stereocenters.